The Morgan fingerprint density at radius 2 is 1.94 bits per heavy atom. The molecule has 5 heteroatoms. The van der Waals surface area contributed by atoms with Gasteiger partial charge in [0, 0.05) is 26.7 Å². The van der Waals surface area contributed by atoms with Crippen molar-refractivity contribution >= 4 is 11.8 Å². The van der Waals surface area contributed by atoms with Crippen LogP contribution >= 0.6 is 0 Å². The van der Waals surface area contributed by atoms with E-state index in [9.17, 15) is 9.59 Å². The molecule has 0 spiro atoms. The van der Waals surface area contributed by atoms with Gasteiger partial charge in [-0.3, -0.25) is 9.59 Å². The predicted octanol–water partition coefficient (Wildman–Crippen LogP) is -0.340. The molecule has 0 aromatic heterocycles. The first-order valence-corrected chi connectivity index (χ1v) is 5.71. The van der Waals surface area contributed by atoms with Crippen LogP contribution in [0.2, 0.25) is 0 Å². The molecule has 5 nitrogen and oxygen atoms in total. The standard InChI is InChI=1S/C11H21N3O2/c1-4-5-14(7-10(15)13(2)3)11(16)8-6-9(8)12/h8-9H,4-7,12H2,1-3H3. The van der Waals surface area contributed by atoms with Crippen LogP contribution in [0.1, 0.15) is 19.8 Å². The monoisotopic (exact) mass is 227 g/mol. The second kappa shape index (κ2) is 5.30. The summed E-state index contributed by atoms with van der Waals surface area (Å²) in [6.45, 7) is 2.79. The van der Waals surface area contributed by atoms with Crippen LogP contribution in [0.25, 0.3) is 0 Å². The van der Waals surface area contributed by atoms with Gasteiger partial charge in [0.2, 0.25) is 11.8 Å². The zero-order valence-electron chi connectivity index (χ0n) is 10.3. The van der Waals surface area contributed by atoms with Crippen molar-refractivity contribution in [1.82, 2.24) is 9.80 Å². The normalized spacial score (nSPS) is 22.8. The summed E-state index contributed by atoms with van der Waals surface area (Å²) in [7, 11) is 3.39. The minimum atomic E-state index is -0.0542. The quantitative estimate of drug-likeness (QED) is 0.699. The maximum absolute atomic E-state index is 11.9. The van der Waals surface area contributed by atoms with Crippen molar-refractivity contribution in [1.29, 1.82) is 0 Å². The lowest BCUT2D eigenvalue weighted by atomic mass is 10.3. The molecule has 0 radical (unpaired) electrons. The Kier molecular flexibility index (Phi) is 4.29. The summed E-state index contributed by atoms with van der Waals surface area (Å²) >= 11 is 0. The first kappa shape index (κ1) is 13.0. The largest absolute Gasteiger partial charge is 0.347 e. The third kappa shape index (κ3) is 3.20. The maximum atomic E-state index is 11.9. The third-order valence-electron chi connectivity index (χ3n) is 2.79. The highest BCUT2D eigenvalue weighted by Crippen LogP contribution is 2.29. The zero-order valence-corrected chi connectivity index (χ0v) is 10.3. The van der Waals surface area contributed by atoms with E-state index in [-0.39, 0.29) is 30.3 Å². The molecule has 1 aliphatic carbocycles. The maximum Gasteiger partial charge on any atom is 0.241 e. The number of rotatable bonds is 5. The fourth-order valence-corrected chi connectivity index (χ4v) is 1.57. The molecule has 1 fully saturated rings. The van der Waals surface area contributed by atoms with Crippen LogP contribution in [0.3, 0.4) is 0 Å². The third-order valence-corrected chi connectivity index (χ3v) is 2.79. The van der Waals surface area contributed by atoms with E-state index in [0.29, 0.717) is 6.54 Å². The Bertz CT molecular complexity index is 278. The van der Waals surface area contributed by atoms with Crippen LogP contribution in [0, 0.1) is 5.92 Å². The van der Waals surface area contributed by atoms with Crippen LogP contribution in [0.4, 0.5) is 0 Å². The first-order valence-electron chi connectivity index (χ1n) is 5.71. The number of carbonyl (C=O) groups excluding carboxylic acids is 2. The summed E-state index contributed by atoms with van der Waals surface area (Å²) in [5.74, 6) is -0.0675. The van der Waals surface area contributed by atoms with Crippen LogP contribution in [-0.4, -0.2) is 54.8 Å². The second-order valence-electron chi connectivity index (χ2n) is 4.55. The molecule has 2 amide bonds. The van der Waals surface area contributed by atoms with Gasteiger partial charge in [-0.15, -0.1) is 0 Å². The number of nitrogens with zero attached hydrogens (tertiary/aromatic N) is 2. The van der Waals surface area contributed by atoms with Crippen molar-refractivity contribution < 1.29 is 9.59 Å². The van der Waals surface area contributed by atoms with Crippen LogP contribution in [0.15, 0.2) is 0 Å². The molecule has 0 heterocycles. The summed E-state index contributed by atoms with van der Waals surface area (Å²) in [5, 5.41) is 0. The van der Waals surface area contributed by atoms with Crippen molar-refractivity contribution in [2.24, 2.45) is 11.7 Å². The highest BCUT2D eigenvalue weighted by atomic mass is 16.2. The fraction of sp³-hybridized carbons (Fsp3) is 0.818. The van der Waals surface area contributed by atoms with E-state index in [1.807, 2.05) is 6.92 Å². The van der Waals surface area contributed by atoms with Crippen molar-refractivity contribution in [2.75, 3.05) is 27.2 Å². The summed E-state index contributed by atoms with van der Waals surface area (Å²) in [4.78, 5) is 26.6. The Morgan fingerprint density at radius 3 is 2.31 bits per heavy atom. The molecule has 1 rings (SSSR count). The van der Waals surface area contributed by atoms with Gasteiger partial charge < -0.3 is 15.5 Å². The van der Waals surface area contributed by atoms with Gasteiger partial charge in [0.25, 0.3) is 0 Å². The lowest BCUT2D eigenvalue weighted by Gasteiger charge is -2.23. The van der Waals surface area contributed by atoms with E-state index in [4.69, 9.17) is 5.73 Å². The molecule has 2 atom stereocenters. The van der Waals surface area contributed by atoms with Crippen LogP contribution in [-0.2, 0) is 9.59 Å². The van der Waals surface area contributed by atoms with Crippen LogP contribution < -0.4 is 5.73 Å². The molecule has 92 valence electrons. The Hall–Kier alpha value is -1.10. The van der Waals surface area contributed by atoms with Crippen molar-refractivity contribution in [3.63, 3.8) is 0 Å². The lowest BCUT2D eigenvalue weighted by Crippen LogP contribution is -2.42. The SMILES string of the molecule is CCCN(CC(=O)N(C)C)C(=O)C1CC1N. The highest BCUT2D eigenvalue weighted by Gasteiger charge is 2.42. The summed E-state index contributed by atoms with van der Waals surface area (Å²) in [6, 6.07) is 0.00122. The molecule has 2 unspecified atom stereocenters. The first-order chi connectivity index (χ1) is 7.47. The number of amides is 2. The molecule has 0 aliphatic heterocycles. The summed E-state index contributed by atoms with van der Waals surface area (Å²) < 4.78 is 0. The van der Waals surface area contributed by atoms with Gasteiger partial charge in [-0.2, -0.15) is 0 Å². The van der Waals surface area contributed by atoms with E-state index in [1.165, 1.54) is 4.90 Å². The second-order valence-corrected chi connectivity index (χ2v) is 4.55. The van der Waals surface area contributed by atoms with Crippen molar-refractivity contribution in [2.45, 2.75) is 25.8 Å². The summed E-state index contributed by atoms with van der Waals surface area (Å²) in [6.07, 6.45) is 1.61. The van der Waals surface area contributed by atoms with E-state index in [2.05, 4.69) is 0 Å². The van der Waals surface area contributed by atoms with E-state index in [0.717, 1.165) is 12.8 Å². The van der Waals surface area contributed by atoms with Gasteiger partial charge in [-0.05, 0) is 12.8 Å². The average Bonchev–Trinajstić information content (AvgIpc) is 2.93. The summed E-state index contributed by atoms with van der Waals surface area (Å²) in [5.41, 5.74) is 5.65. The topological polar surface area (TPSA) is 66.6 Å². The van der Waals surface area contributed by atoms with Crippen LogP contribution in [0.5, 0.6) is 0 Å². The number of likely N-dealkylation sites (N-methyl/N-ethyl adjacent to an activating group) is 1. The molecule has 0 aromatic rings. The Balaban J connectivity index is 2.53. The van der Waals surface area contributed by atoms with Crippen molar-refractivity contribution in [3.8, 4) is 0 Å². The number of carbonyl (C=O) groups is 2. The van der Waals surface area contributed by atoms with Gasteiger partial charge >= 0.3 is 0 Å². The molecule has 0 bridgehead atoms. The van der Waals surface area contributed by atoms with Crippen molar-refractivity contribution in [3.05, 3.63) is 0 Å². The molecule has 1 aliphatic rings. The molecule has 0 aromatic carbocycles. The molecular formula is C11H21N3O2. The molecule has 2 N–H and O–H groups in total. The molecule has 0 saturated heterocycles. The van der Waals surface area contributed by atoms with E-state index < -0.39 is 0 Å². The Morgan fingerprint density at radius 1 is 1.38 bits per heavy atom. The number of nitrogens with two attached hydrogens (primary N) is 1. The van der Waals surface area contributed by atoms with Gasteiger partial charge in [-0.25, -0.2) is 0 Å². The Labute approximate surface area is 96.6 Å². The fourth-order valence-electron chi connectivity index (χ4n) is 1.57. The molecule has 16 heavy (non-hydrogen) atoms. The minimum Gasteiger partial charge on any atom is -0.347 e. The van der Waals surface area contributed by atoms with E-state index >= 15 is 0 Å². The lowest BCUT2D eigenvalue weighted by molar-refractivity contribution is -0.140. The van der Waals surface area contributed by atoms with Gasteiger partial charge in [0.05, 0.1) is 12.5 Å². The minimum absolute atomic E-state index is 0.00122. The van der Waals surface area contributed by atoms with Gasteiger partial charge in [-0.1, -0.05) is 6.92 Å². The molecule has 1 saturated carbocycles. The smallest absolute Gasteiger partial charge is 0.241 e. The number of hydrogen-bond acceptors (Lipinski definition) is 3. The predicted molar refractivity (Wildman–Crippen MR) is 61.6 cm³/mol. The number of hydrogen-bond donors (Lipinski definition) is 1. The van der Waals surface area contributed by atoms with Gasteiger partial charge in [0.15, 0.2) is 0 Å². The molecular weight excluding hydrogens is 206 g/mol. The highest BCUT2D eigenvalue weighted by molar-refractivity contribution is 5.87. The average molecular weight is 227 g/mol. The van der Waals surface area contributed by atoms with E-state index in [1.54, 1.807) is 19.0 Å². The zero-order chi connectivity index (χ0) is 12.3. The van der Waals surface area contributed by atoms with Gasteiger partial charge in [0.1, 0.15) is 0 Å².